The number of urea groups is 1. The molecule has 1 saturated carbocycles. The van der Waals surface area contributed by atoms with Crippen molar-refractivity contribution >= 4 is 17.4 Å². The molecule has 0 aromatic heterocycles. The number of anilines is 2. The Morgan fingerprint density at radius 2 is 1.96 bits per heavy atom. The number of hydrogen-bond acceptors (Lipinski definition) is 3. The fourth-order valence-corrected chi connectivity index (χ4v) is 3.99. The van der Waals surface area contributed by atoms with Crippen molar-refractivity contribution in [1.29, 1.82) is 0 Å². The maximum absolute atomic E-state index is 12.5. The lowest BCUT2D eigenvalue weighted by Gasteiger charge is -2.25. The van der Waals surface area contributed by atoms with Crippen LogP contribution >= 0.6 is 0 Å². The second kappa shape index (κ2) is 8.56. The monoisotopic (exact) mass is 345 g/mol. The highest BCUT2D eigenvalue weighted by Crippen LogP contribution is 2.26. The van der Waals surface area contributed by atoms with E-state index in [9.17, 15) is 9.90 Å². The summed E-state index contributed by atoms with van der Waals surface area (Å²) in [5.74, 6) is 0.208. The third-order valence-electron chi connectivity index (χ3n) is 5.54. The van der Waals surface area contributed by atoms with E-state index in [-0.39, 0.29) is 18.1 Å². The van der Waals surface area contributed by atoms with Gasteiger partial charge < -0.3 is 20.2 Å². The Morgan fingerprint density at radius 3 is 2.64 bits per heavy atom. The zero-order valence-corrected chi connectivity index (χ0v) is 15.3. The average Bonchev–Trinajstić information content (AvgIpc) is 2.86. The molecule has 1 aromatic rings. The summed E-state index contributed by atoms with van der Waals surface area (Å²) < 4.78 is 0. The van der Waals surface area contributed by atoms with Crippen molar-refractivity contribution in [1.82, 2.24) is 4.90 Å². The van der Waals surface area contributed by atoms with Gasteiger partial charge in [-0.3, -0.25) is 0 Å². The van der Waals surface area contributed by atoms with Gasteiger partial charge in [-0.1, -0.05) is 25.3 Å². The van der Waals surface area contributed by atoms with Gasteiger partial charge in [-0.15, -0.1) is 0 Å². The first kappa shape index (κ1) is 18.1. The molecule has 2 aliphatic rings. The first-order valence-electron chi connectivity index (χ1n) is 9.68. The van der Waals surface area contributed by atoms with E-state index >= 15 is 0 Å². The molecule has 1 aliphatic heterocycles. The van der Waals surface area contributed by atoms with Crippen molar-refractivity contribution < 1.29 is 9.90 Å². The number of benzene rings is 1. The Labute approximate surface area is 151 Å². The number of nitrogens with one attached hydrogen (secondary N) is 1. The van der Waals surface area contributed by atoms with E-state index in [1.165, 1.54) is 31.4 Å². The molecule has 2 unspecified atom stereocenters. The highest BCUT2D eigenvalue weighted by atomic mass is 16.3. The second-order valence-corrected chi connectivity index (χ2v) is 7.52. The van der Waals surface area contributed by atoms with E-state index in [1.807, 2.05) is 12.1 Å². The lowest BCUT2D eigenvalue weighted by Crippen LogP contribution is -2.37. The van der Waals surface area contributed by atoms with Crippen molar-refractivity contribution in [3.05, 3.63) is 24.3 Å². The predicted molar refractivity (Wildman–Crippen MR) is 102 cm³/mol. The predicted octanol–water partition coefficient (Wildman–Crippen LogP) is 3.69. The minimum absolute atomic E-state index is 0.105. The molecule has 1 aliphatic carbocycles. The fourth-order valence-electron chi connectivity index (χ4n) is 3.99. The minimum Gasteiger partial charge on any atom is -0.393 e. The van der Waals surface area contributed by atoms with E-state index in [4.69, 9.17) is 0 Å². The van der Waals surface area contributed by atoms with E-state index in [2.05, 4.69) is 22.3 Å². The highest BCUT2D eigenvalue weighted by molar-refractivity contribution is 5.89. The molecule has 1 heterocycles. The summed E-state index contributed by atoms with van der Waals surface area (Å²) in [6.07, 6.45) is 7.75. The summed E-state index contributed by atoms with van der Waals surface area (Å²) in [6, 6.07) is 8.04. The quantitative estimate of drug-likeness (QED) is 0.875. The van der Waals surface area contributed by atoms with Crippen LogP contribution in [0, 0.1) is 5.92 Å². The zero-order chi connectivity index (χ0) is 17.6. The van der Waals surface area contributed by atoms with Crippen molar-refractivity contribution in [3.8, 4) is 0 Å². The summed E-state index contributed by atoms with van der Waals surface area (Å²) in [4.78, 5) is 16.6. The number of carbonyl (C=O) groups is 1. The standard InChI is InChI=1S/C20H31N3O2/c1-22(15-16-8-6-11-19(16)24)20(25)21-17-9-7-10-18(14-17)23-12-4-2-3-5-13-23/h7,9-10,14,16,19,24H,2-6,8,11-13,15H2,1H3,(H,21,25). The van der Waals surface area contributed by atoms with Gasteiger partial charge in [0, 0.05) is 44.0 Å². The van der Waals surface area contributed by atoms with Crippen molar-refractivity contribution in [2.45, 2.75) is 51.0 Å². The molecule has 2 N–H and O–H groups in total. The molecule has 2 amide bonds. The summed E-state index contributed by atoms with van der Waals surface area (Å²) >= 11 is 0. The van der Waals surface area contributed by atoms with Gasteiger partial charge in [-0.25, -0.2) is 4.79 Å². The van der Waals surface area contributed by atoms with Crippen LogP contribution in [0.15, 0.2) is 24.3 Å². The molecule has 5 nitrogen and oxygen atoms in total. The topological polar surface area (TPSA) is 55.8 Å². The van der Waals surface area contributed by atoms with Crippen LogP contribution in [-0.4, -0.2) is 48.8 Å². The van der Waals surface area contributed by atoms with Crippen molar-refractivity contribution in [3.63, 3.8) is 0 Å². The van der Waals surface area contributed by atoms with E-state index < -0.39 is 0 Å². The second-order valence-electron chi connectivity index (χ2n) is 7.52. The maximum Gasteiger partial charge on any atom is 0.321 e. The van der Waals surface area contributed by atoms with E-state index in [1.54, 1.807) is 11.9 Å². The molecule has 1 aromatic carbocycles. The highest BCUT2D eigenvalue weighted by Gasteiger charge is 2.27. The number of rotatable bonds is 4. The largest absolute Gasteiger partial charge is 0.393 e. The van der Waals surface area contributed by atoms with Gasteiger partial charge in [0.05, 0.1) is 6.10 Å². The van der Waals surface area contributed by atoms with Gasteiger partial charge in [0.25, 0.3) is 0 Å². The maximum atomic E-state index is 12.5. The lowest BCUT2D eigenvalue weighted by molar-refractivity contribution is 0.116. The molecule has 1 saturated heterocycles. The van der Waals surface area contributed by atoms with Crippen LogP contribution in [0.1, 0.15) is 44.9 Å². The Bertz CT molecular complexity index is 570. The van der Waals surface area contributed by atoms with Gasteiger partial charge >= 0.3 is 6.03 Å². The molecule has 5 heteroatoms. The fraction of sp³-hybridized carbons (Fsp3) is 0.650. The molecule has 3 rings (SSSR count). The summed E-state index contributed by atoms with van der Waals surface area (Å²) in [7, 11) is 1.80. The molecule has 25 heavy (non-hydrogen) atoms. The average molecular weight is 345 g/mol. The van der Waals surface area contributed by atoms with Crippen molar-refractivity contribution in [2.24, 2.45) is 5.92 Å². The van der Waals surface area contributed by atoms with Gasteiger partial charge in [0.1, 0.15) is 0 Å². The van der Waals surface area contributed by atoms with Crippen LogP contribution < -0.4 is 10.2 Å². The number of aliphatic hydroxyl groups excluding tert-OH is 1. The van der Waals surface area contributed by atoms with Crippen LogP contribution in [0.3, 0.4) is 0 Å². The zero-order valence-electron chi connectivity index (χ0n) is 15.3. The Morgan fingerprint density at radius 1 is 1.20 bits per heavy atom. The van der Waals surface area contributed by atoms with Gasteiger partial charge in [0.15, 0.2) is 0 Å². The Balaban J connectivity index is 1.58. The Hall–Kier alpha value is -1.75. The normalized spacial score (nSPS) is 24.0. The molecular formula is C20H31N3O2. The van der Waals surface area contributed by atoms with Crippen LogP contribution in [0.4, 0.5) is 16.2 Å². The van der Waals surface area contributed by atoms with Gasteiger partial charge in [-0.05, 0) is 43.9 Å². The summed E-state index contributed by atoms with van der Waals surface area (Å²) in [5.41, 5.74) is 2.03. The first-order valence-corrected chi connectivity index (χ1v) is 9.68. The smallest absolute Gasteiger partial charge is 0.321 e. The number of amides is 2. The minimum atomic E-state index is -0.262. The molecule has 0 bridgehead atoms. The van der Waals surface area contributed by atoms with Crippen LogP contribution in [0.5, 0.6) is 0 Å². The molecular weight excluding hydrogens is 314 g/mol. The Kier molecular flexibility index (Phi) is 6.19. The number of aliphatic hydroxyl groups is 1. The van der Waals surface area contributed by atoms with Crippen molar-refractivity contribution in [2.75, 3.05) is 36.9 Å². The van der Waals surface area contributed by atoms with E-state index in [0.29, 0.717) is 6.54 Å². The molecule has 138 valence electrons. The number of carbonyl (C=O) groups excluding carboxylic acids is 1. The molecule has 2 fully saturated rings. The molecule has 0 spiro atoms. The van der Waals surface area contributed by atoms with Crippen LogP contribution in [-0.2, 0) is 0 Å². The summed E-state index contributed by atoms with van der Waals surface area (Å²) in [5, 5.41) is 13.0. The SMILES string of the molecule is CN(CC1CCCC1O)C(=O)Nc1cccc(N2CCCCCC2)c1. The molecule has 2 atom stereocenters. The lowest BCUT2D eigenvalue weighted by atomic mass is 10.1. The van der Waals surface area contributed by atoms with Crippen LogP contribution in [0.25, 0.3) is 0 Å². The van der Waals surface area contributed by atoms with Gasteiger partial charge in [-0.2, -0.15) is 0 Å². The first-order chi connectivity index (χ1) is 12.1. The third kappa shape index (κ3) is 4.88. The number of hydrogen-bond donors (Lipinski definition) is 2. The third-order valence-corrected chi connectivity index (χ3v) is 5.54. The summed E-state index contributed by atoms with van der Waals surface area (Å²) in [6.45, 7) is 2.80. The van der Waals surface area contributed by atoms with Gasteiger partial charge in [0.2, 0.25) is 0 Å². The van der Waals surface area contributed by atoms with Crippen LogP contribution in [0.2, 0.25) is 0 Å². The number of nitrogens with zero attached hydrogens (tertiary/aromatic N) is 2. The van der Waals surface area contributed by atoms with E-state index in [0.717, 1.165) is 38.0 Å². The molecule has 0 radical (unpaired) electrons.